The molecule has 0 aromatic carbocycles. The summed E-state index contributed by atoms with van der Waals surface area (Å²) in [5, 5.41) is 59.2. The number of ether oxygens (including phenoxy) is 6. The van der Waals surface area contributed by atoms with Crippen molar-refractivity contribution in [3.63, 3.8) is 0 Å². The van der Waals surface area contributed by atoms with Crippen molar-refractivity contribution in [1.82, 2.24) is 0 Å². The summed E-state index contributed by atoms with van der Waals surface area (Å²) in [7, 11) is 0. The Morgan fingerprint density at radius 2 is 1.05 bits per heavy atom. The quantitative estimate of drug-likeness (QED) is 0.0308. The molecule has 15 nitrogen and oxygen atoms in total. The first-order chi connectivity index (χ1) is 20.0. The number of aliphatic hydroxyl groups excluding tert-OH is 6. The van der Waals surface area contributed by atoms with Gasteiger partial charge in [-0.25, -0.2) is 14.4 Å². The molecule has 0 bridgehead atoms. The van der Waals surface area contributed by atoms with Crippen LogP contribution >= 0.6 is 0 Å². The van der Waals surface area contributed by atoms with E-state index in [0.717, 1.165) is 0 Å². The lowest BCUT2D eigenvalue weighted by Gasteiger charge is -2.32. The van der Waals surface area contributed by atoms with Crippen molar-refractivity contribution >= 4 is 17.9 Å². The van der Waals surface area contributed by atoms with Crippen LogP contribution in [0.1, 0.15) is 40.0 Å². The first-order valence-electron chi connectivity index (χ1n) is 13.4. The monoisotopic (exact) mass is 608 g/mol. The van der Waals surface area contributed by atoms with Crippen LogP contribution in [-0.4, -0.2) is 126 Å². The van der Waals surface area contributed by atoms with E-state index in [1.165, 1.54) is 39.0 Å². The predicted molar refractivity (Wildman–Crippen MR) is 145 cm³/mol. The van der Waals surface area contributed by atoms with Gasteiger partial charge in [0.05, 0.1) is 46.2 Å². The van der Waals surface area contributed by atoms with E-state index in [-0.39, 0.29) is 65.5 Å². The van der Waals surface area contributed by atoms with Gasteiger partial charge in [0.15, 0.2) is 17.3 Å². The summed E-state index contributed by atoms with van der Waals surface area (Å²) in [6.45, 7) is 3.02. The molecular weight excluding hydrogens is 564 g/mol. The van der Waals surface area contributed by atoms with Gasteiger partial charge in [-0.15, -0.1) is 0 Å². The highest BCUT2D eigenvalue weighted by Crippen LogP contribution is 2.14. The second-order valence-corrected chi connectivity index (χ2v) is 8.55. The van der Waals surface area contributed by atoms with E-state index < -0.39 is 66.2 Å². The van der Waals surface area contributed by atoms with Crippen LogP contribution in [0.3, 0.4) is 0 Å². The zero-order chi connectivity index (χ0) is 31.9. The highest BCUT2D eigenvalue weighted by molar-refractivity contribution is 5.86. The largest absolute Gasteiger partial charge is 0.502 e. The molecule has 0 amide bonds. The van der Waals surface area contributed by atoms with Gasteiger partial charge < -0.3 is 59.1 Å². The minimum atomic E-state index is -1.55. The molecule has 0 aliphatic rings. The third-order valence-electron chi connectivity index (χ3n) is 5.37. The third-order valence-corrected chi connectivity index (χ3v) is 5.37. The molecule has 0 rings (SSSR count). The van der Waals surface area contributed by atoms with E-state index in [0.29, 0.717) is 0 Å². The lowest BCUT2D eigenvalue weighted by Crippen LogP contribution is -2.50. The minimum absolute atomic E-state index is 0.0512. The van der Waals surface area contributed by atoms with Crippen molar-refractivity contribution in [2.75, 3.05) is 52.9 Å². The van der Waals surface area contributed by atoms with Gasteiger partial charge in [-0.05, 0) is 39.0 Å². The van der Waals surface area contributed by atoms with Crippen LogP contribution in [0.15, 0.2) is 35.5 Å². The van der Waals surface area contributed by atoms with Crippen LogP contribution < -0.4 is 0 Å². The Kier molecular flexibility index (Phi) is 21.6. The molecule has 242 valence electrons. The maximum atomic E-state index is 11.5. The first-order valence-corrected chi connectivity index (χ1v) is 13.4. The van der Waals surface area contributed by atoms with E-state index in [1.807, 2.05) is 0 Å². The molecule has 42 heavy (non-hydrogen) atoms. The molecule has 0 saturated heterocycles. The Morgan fingerprint density at radius 1 is 0.643 bits per heavy atom. The van der Waals surface area contributed by atoms with E-state index in [1.54, 1.807) is 0 Å². The van der Waals surface area contributed by atoms with E-state index in [4.69, 9.17) is 28.4 Å². The number of rotatable bonds is 23. The molecule has 0 saturated carbocycles. The van der Waals surface area contributed by atoms with Crippen molar-refractivity contribution in [2.45, 2.75) is 64.4 Å². The van der Waals surface area contributed by atoms with Gasteiger partial charge in [0.25, 0.3) is 0 Å². The van der Waals surface area contributed by atoms with Crippen molar-refractivity contribution < 1.29 is 73.4 Å². The fourth-order valence-electron chi connectivity index (χ4n) is 3.01. The molecule has 4 atom stereocenters. The van der Waals surface area contributed by atoms with Gasteiger partial charge >= 0.3 is 17.9 Å². The summed E-state index contributed by atoms with van der Waals surface area (Å²) in [4.78, 5) is 34.4. The Bertz CT molecular complexity index is 883. The molecule has 15 heteroatoms. The summed E-state index contributed by atoms with van der Waals surface area (Å²) < 4.78 is 31.0. The number of hydrogen-bond acceptors (Lipinski definition) is 15. The van der Waals surface area contributed by atoms with E-state index in [2.05, 4.69) is 0 Å². The summed E-state index contributed by atoms with van der Waals surface area (Å²) in [5.74, 6) is -4.34. The SMILES string of the molecule is CC=C(O)C(=O)OCCCOCC(O)C(OCCCOC(=O)C(O)=CC)C(O)C(CO)OCCCOC(=O)C(O)=CC. The predicted octanol–water partition coefficient (Wildman–Crippen LogP) is 0.673. The number of allylic oxidation sites excluding steroid dienone is 3. The summed E-state index contributed by atoms with van der Waals surface area (Å²) in [5.41, 5.74) is 0. The van der Waals surface area contributed by atoms with Gasteiger partial charge in [-0.2, -0.15) is 0 Å². The molecular formula is C27H44O15. The molecule has 0 aromatic rings. The summed E-state index contributed by atoms with van der Waals surface area (Å²) in [6.07, 6.45) is -1.42. The highest BCUT2D eigenvalue weighted by Gasteiger charge is 2.34. The maximum absolute atomic E-state index is 11.5. The number of esters is 3. The van der Waals surface area contributed by atoms with Gasteiger partial charge in [0, 0.05) is 25.9 Å². The average Bonchev–Trinajstić information content (AvgIpc) is 2.99. The number of carbonyl (C=O) groups is 3. The van der Waals surface area contributed by atoms with Crippen molar-refractivity contribution in [3.8, 4) is 0 Å². The zero-order valence-corrected chi connectivity index (χ0v) is 24.2. The van der Waals surface area contributed by atoms with Crippen LogP contribution in [0.25, 0.3) is 0 Å². The Labute approximate surface area is 244 Å². The van der Waals surface area contributed by atoms with Crippen molar-refractivity contribution in [3.05, 3.63) is 35.5 Å². The first kappa shape index (κ1) is 38.8. The Morgan fingerprint density at radius 3 is 1.45 bits per heavy atom. The summed E-state index contributed by atoms with van der Waals surface area (Å²) >= 11 is 0. The van der Waals surface area contributed by atoms with Crippen LogP contribution in [0.5, 0.6) is 0 Å². The zero-order valence-electron chi connectivity index (χ0n) is 24.2. The van der Waals surface area contributed by atoms with E-state index >= 15 is 0 Å². The summed E-state index contributed by atoms with van der Waals surface area (Å²) in [6, 6.07) is 0. The molecule has 0 radical (unpaired) electrons. The number of hydrogen-bond donors (Lipinski definition) is 6. The minimum Gasteiger partial charge on any atom is -0.502 e. The number of aliphatic hydroxyl groups is 6. The Balaban J connectivity index is 4.95. The average molecular weight is 609 g/mol. The van der Waals surface area contributed by atoms with E-state index in [9.17, 15) is 45.0 Å². The molecule has 0 aliphatic heterocycles. The third kappa shape index (κ3) is 16.3. The fourth-order valence-corrected chi connectivity index (χ4v) is 3.01. The van der Waals surface area contributed by atoms with Crippen molar-refractivity contribution in [2.24, 2.45) is 0 Å². The molecule has 0 fully saturated rings. The standard InChI is InChI=1S/C27H44O15/c1-4-18(29)25(34)40-13-7-10-37-17-21(32)24(39-12-9-15-42-27(36)20(31)6-3)23(33)22(16-28)38-11-8-14-41-26(35)19(30)5-2/h4-6,21-24,28-33H,7-17H2,1-3H3. The van der Waals surface area contributed by atoms with Crippen LogP contribution in [0.4, 0.5) is 0 Å². The molecule has 0 spiro atoms. The van der Waals surface area contributed by atoms with Crippen molar-refractivity contribution in [1.29, 1.82) is 0 Å². The van der Waals surface area contributed by atoms with Gasteiger partial charge in [0.1, 0.15) is 24.4 Å². The Hall–Kier alpha value is -3.21. The number of carbonyl (C=O) groups excluding carboxylic acids is 3. The highest BCUT2D eigenvalue weighted by atomic mass is 16.6. The second-order valence-electron chi connectivity index (χ2n) is 8.55. The molecule has 0 aromatic heterocycles. The topological polar surface area (TPSA) is 228 Å². The van der Waals surface area contributed by atoms with Gasteiger partial charge in [-0.1, -0.05) is 0 Å². The second kappa shape index (κ2) is 23.4. The molecule has 4 unspecified atom stereocenters. The van der Waals surface area contributed by atoms with Crippen LogP contribution in [0.2, 0.25) is 0 Å². The lowest BCUT2D eigenvalue weighted by atomic mass is 10.0. The normalized spacial score (nSPS) is 15.4. The fraction of sp³-hybridized carbons (Fsp3) is 0.667. The van der Waals surface area contributed by atoms with Gasteiger partial charge in [0.2, 0.25) is 0 Å². The maximum Gasteiger partial charge on any atom is 0.373 e. The smallest absolute Gasteiger partial charge is 0.373 e. The molecule has 0 heterocycles. The van der Waals surface area contributed by atoms with Crippen LogP contribution in [0, 0.1) is 0 Å². The lowest BCUT2D eigenvalue weighted by molar-refractivity contribution is -0.168. The molecule has 0 aliphatic carbocycles. The van der Waals surface area contributed by atoms with Gasteiger partial charge in [-0.3, -0.25) is 0 Å². The molecule has 6 N–H and O–H groups in total. The van der Waals surface area contributed by atoms with Crippen LogP contribution in [-0.2, 0) is 42.8 Å².